The molecule has 1 heterocycles. The highest BCUT2D eigenvalue weighted by Gasteiger charge is 2.31. The summed E-state index contributed by atoms with van der Waals surface area (Å²) in [4.78, 5) is 6.89. The molecule has 0 unspecified atom stereocenters. The van der Waals surface area contributed by atoms with Gasteiger partial charge in [0, 0.05) is 13.7 Å². The van der Waals surface area contributed by atoms with Crippen LogP contribution in [0.25, 0.3) is 11.0 Å². The Bertz CT molecular complexity index is 719. The predicted molar refractivity (Wildman–Crippen MR) is 106 cm³/mol. The van der Waals surface area contributed by atoms with Crippen molar-refractivity contribution in [1.82, 2.24) is 14.5 Å². The Balaban J connectivity index is 2.14. The summed E-state index contributed by atoms with van der Waals surface area (Å²) in [6.45, 7) is 8.57. The van der Waals surface area contributed by atoms with Crippen molar-refractivity contribution in [3.8, 4) is 0 Å². The maximum Gasteiger partial charge on any atom is 0.416 e. The molecule has 0 aliphatic rings. The highest BCUT2D eigenvalue weighted by Crippen LogP contribution is 2.31. The fraction of sp³-hybridized carbons (Fsp3) is 0.667. The van der Waals surface area contributed by atoms with E-state index in [2.05, 4.69) is 23.7 Å². The number of rotatable bonds is 12. The van der Waals surface area contributed by atoms with Crippen molar-refractivity contribution in [2.45, 2.75) is 65.3 Å². The number of halogens is 3. The molecule has 0 amide bonds. The number of imidazole rings is 1. The minimum Gasteiger partial charge on any atom is -0.377 e. The number of fused-ring (bicyclic) bond motifs is 1. The SMILES string of the molecule is CCCCN(CCCC)CCCn1c(COC)nc2cc(C(F)(F)F)ccc21. The second-order valence-electron chi connectivity index (χ2n) is 7.22. The Morgan fingerprint density at radius 1 is 1.04 bits per heavy atom. The Morgan fingerprint density at radius 3 is 2.25 bits per heavy atom. The molecule has 28 heavy (non-hydrogen) atoms. The average Bonchev–Trinajstić information content (AvgIpc) is 2.99. The third-order valence-electron chi connectivity index (χ3n) is 4.94. The van der Waals surface area contributed by atoms with E-state index in [0.29, 0.717) is 11.3 Å². The molecule has 1 aromatic heterocycles. The Kier molecular flexibility index (Phi) is 8.76. The van der Waals surface area contributed by atoms with Gasteiger partial charge in [-0.2, -0.15) is 13.2 Å². The number of hydrogen-bond acceptors (Lipinski definition) is 3. The number of ether oxygens (including phenoxy) is 1. The zero-order chi connectivity index (χ0) is 20.6. The zero-order valence-electron chi connectivity index (χ0n) is 17.2. The molecule has 7 heteroatoms. The second-order valence-corrected chi connectivity index (χ2v) is 7.22. The van der Waals surface area contributed by atoms with Crippen LogP contribution in [0.2, 0.25) is 0 Å². The molecule has 0 fully saturated rings. The summed E-state index contributed by atoms with van der Waals surface area (Å²) in [6.07, 6.45) is 1.29. The first-order valence-corrected chi connectivity index (χ1v) is 10.2. The van der Waals surface area contributed by atoms with Gasteiger partial charge in [-0.3, -0.25) is 0 Å². The first-order chi connectivity index (χ1) is 13.4. The van der Waals surface area contributed by atoms with Gasteiger partial charge in [-0.15, -0.1) is 0 Å². The summed E-state index contributed by atoms with van der Waals surface area (Å²) < 4.78 is 46.2. The van der Waals surface area contributed by atoms with E-state index < -0.39 is 11.7 Å². The molecule has 0 saturated carbocycles. The molecule has 0 saturated heterocycles. The van der Waals surface area contributed by atoms with Crippen molar-refractivity contribution in [3.63, 3.8) is 0 Å². The minimum absolute atomic E-state index is 0.283. The van der Waals surface area contributed by atoms with Crippen LogP contribution >= 0.6 is 0 Å². The molecule has 0 bridgehead atoms. The van der Waals surface area contributed by atoms with Crippen molar-refractivity contribution in [1.29, 1.82) is 0 Å². The summed E-state index contributed by atoms with van der Waals surface area (Å²) in [6, 6.07) is 3.78. The first-order valence-electron chi connectivity index (χ1n) is 10.2. The number of aryl methyl sites for hydroxylation is 1. The molecule has 158 valence electrons. The molecule has 0 spiro atoms. The fourth-order valence-electron chi connectivity index (χ4n) is 3.40. The monoisotopic (exact) mass is 399 g/mol. The molecule has 0 aliphatic heterocycles. The topological polar surface area (TPSA) is 30.3 Å². The lowest BCUT2D eigenvalue weighted by Gasteiger charge is -2.22. The molecule has 2 aromatic rings. The van der Waals surface area contributed by atoms with Crippen LogP contribution in [0, 0.1) is 0 Å². The van der Waals surface area contributed by atoms with Gasteiger partial charge in [0.2, 0.25) is 0 Å². The molecule has 0 N–H and O–H groups in total. The molecular formula is C21H32F3N3O. The van der Waals surface area contributed by atoms with Crippen LogP contribution in [0.15, 0.2) is 18.2 Å². The lowest BCUT2D eigenvalue weighted by molar-refractivity contribution is -0.137. The van der Waals surface area contributed by atoms with E-state index in [1.165, 1.54) is 31.7 Å². The second kappa shape index (κ2) is 10.8. The summed E-state index contributed by atoms with van der Waals surface area (Å²) in [5, 5.41) is 0. The highest BCUT2D eigenvalue weighted by atomic mass is 19.4. The molecule has 4 nitrogen and oxygen atoms in total. The van der Waals surface area contributed by atoms with E-state index in [1.807, 2.05) is 4.57 Å². The van der Waals surface area contributed by atoms with E-state index in [9.17, 15) is 13.2 Å². The molecular weight excluding hydrogens is 367 g/mol. The number of unbranched alkanes of at least 4 members (excludes halogenated alkanes) is 2. The summed E-state index contributed by atoms with van der Waals surface area (Å²) in [5.41, 5.74) is 0.434. The van der Waals surface area contributed by atoms with Crippen molar-refractivity contribution in [3.05, 3.63) is 29.6 Å². The zero-order valence-corrected chi connectivity index (χ0v) is 17.2. The lowest BCUT2D eigenvalue weighted by atomic mass is 10.2. The Morgan fingerprint density at radius 2 is 1.68 bits per heavy atom. The Labute approximate surface area is 165 Å². The number of nitrogens with zero attached hydrogens (tertiary/aromatic N) is 3. The van der Waals surface area contributed by atoms with Gasteiger partial charge in [0.15, 0.2) is 0 Å². The van der Waals surface area contributed by atoms with Crippen LogP contribution in [0.4, 0.5) is 13.2 Å². The largest absolute Gasteiger partial charge is 0.416 e. The van der Waals surface area contributed by atoms with Crippen molar-refractivity contribution < 1.29 is 17.9 Å². The van der Waals surface area contributed by atoms with Gasteiger partial charge in [0.05, 0.1) is 16.6 Å². The van der Waals surface area contributed by atoms with Crippen LogP contribution in [-0.2, 0) is 24.1 Å². The maximum atomic E-state index is 13.0. The van der Waals surface area contributed by atoms with Crippen molar-refractivity contribution in [2.75, 3.05) is 26.7 Å². The normalized spacial score (nSPS) is 12.4. The maximum absolute atomic E-state index is 13.0. The van der Waals surface area contributed by atoms with Crippen LogP contribution in [0.5, 0.6) is 0 Å². The molecule has 0 aliphatic carbocycles. The first kappa shape index (κ1) is 22.7. The highest BCUT2D eigenvalue weighted by molar-refractivity contribution is 5.77. The van der Waals surface area contributed by atoms with Crippen molar-refractivity contribution >= 4 is 11.0 Å². The van der Waals surface area contributed by atoms with Crippen molar-refractivity contribution in [2.24, 2.45) is 0 Å². The standard InChI is InChI=1S/C21H32F3N3O/c1-4-6-11-26(12-7-5-2)13-8-14-27-19-10-9-17(21(22,23)24)15-18(19)25-20(27)16-28-3/h9-10,15H,4-8,11-14,16H2,1-3H3. The number of benzene rings is 1. The number of aromatic nitrogens is 2. The van der Waals surface area contributed by atoms with Gasteiger partial charge < -0.3 is 14.2 Å². The quantitative estimate of drug-likeness (QED) is 0.472. The third-order valence-corrected chi connectivity index (χ3v) is 4.94. The molecule has 2 rings (SSSR count). The Hall–Kier alpha value is -1.60. The van der Waals surface area contributed by atoms with E-state index >= 15 is 0 Å². The molecule has 0 radical (unpaired) electrons. The summed E-state index contributed by atoms with van der Waals surface area (Å²) in [5.74, 6) is 0.672. The average molecular weight is 400 g/mol. The smallest absolute Gasteiger partial charge is 0.377 e. The van der Waals surface area contributed by atoms with Gasteiger partial charge in [0.25, 0.3) is 0 Å². The summed E-state index contributed by atoms with van der Waals surface area (Å²) in [7, 11) is 1.57. The van der Waals surface area contributed by atoms with Gasteiger partial charge >= 0.3 is 6.18 Å². The van der Waals surface area contributed by atoms with E-state index in [4.69, 9.17) is 4.74 Å². The predicted octanol–water partition coefficient (Wildman–Crippen LogP) is 5.49. The van der Waals surface area contributed by atoms with Gasteiger partial charge in [0.1, 0.15) is 12.4 Å². The summed E-state index contributed by atoms with van der Waals surface area (Å²) >= 11 is 0. The van der Waals surface area contributed by atoms with E-state index in [-0.39, 0.29) is 6.61 Å². The molecule has 0 atom stereocenters. The third kappa shape index (κ3) is 6.21. The van der Waals surface area contributed by atoms with Gasteiger partial charge in [-0.1, -0.05) is 26.7 Å². The lowest BCUT2D eigenvalue weighted by Crippen LogP contribution is -2.28. The number of alkyl halides is 3. The molecule has 1 aromatic carbocycles. The minimum atomic E-state index is -4.36. The number of methoxy groups -OCH3 is 1. The van der Waals surface area contributed by atoms with Crippen LogP contribution in [0.1, 0.15) is 57.3 Å². The van der Waals surface area contributed by atoms with E-state index in [0.717, 1.165) is 50.2 Å². The van der Waals surface area contributed by atoms with Gasteiger partial charge in [-0.25, -0.2) is 4.98 Å². The van der Waals surface area contributed by atoms with Crippen LogP contribution < -0.4 is 0 Å². The van der Waals surface area contributed by atoms with Gasteiger partial charge in [-0.05, 0) is 57.1 Å². The van der Waals surface area contributed by atoms with Crippen LogP contribution in [-0.4, -0.2) is 41.2 Å². The fourth-order valence-corrected chi connectivity index (χ4v) is 3.40. The number of hydrogen-bond donors (Lipinski definition) is 0. The van der Waals surface area contributed by atoms with Crippen LogP contribution in [0.3, 0.4) is 0 Å². The van der Waals surface area contributed by atoms with E-state index in [1.54, 1.807) is 7.11 Å².